The molecule has 0 aromatic rings. The van der Waals surface area contributed by atoms with Gasteiger partial charge in [-0.15, -0.1) is 0 Å². The maximum Gasteiger partial charge on any atom is 0.318 e. The second-order valence-corrected chi connectivity index (χ2v) is 1.95. The van der Waals surface area contributed by atoms with Crippen LogP contribution in [0, 0.1) is 0 Å². The Morgan fingerprint density at radius 2 is 2.09 bits per heavy atom. The molecule has 0 aliphatic carbocycles. The first-order valence-corrected chi connectivity index (χ1v) is 3.04. The van der Waals surface area contributed by atoms with E-state index < -0.39 is 6.03 Å². The number of carbonyl (C=O) groups excluding carboxylic acids is 2. The molecule has 0 atom stereocenters. The molecule has 0 rings (SSSR count). The first kappa shape index (κ1) is 9.54. The van der Waals surface area contributed by atoms with Crippen LogP contribution in [0.3, 0.4) is 0 Å². The molecule has 6 heteroatoms. The van der Waals surface area contributed by atoms with Crippen molar-refractivity contribution in [1.82, 2.24) is 15.5 Å². The summed E-state index contributed by atoms with van der Waals surface area (Å²) in [5.41, 5.74) is 4.77. The number of nitrogens with one attached hydrogen (secondary N) is 2. The van der Waals surface area contributed by atoms with E-state index in [1.807, 2.05) is 0 Å². The number of hydrogen-bond acceptors (Lipinski definition) is 2. The van der Waals surface area contributed by atoms with Crippen LogP contribution in [0.15, 0.2) is 0 Å². The van der Waals surface area contributed by atoms with E-state index in [0.717, 1.165) is 0 Å². The van der Waals surface area contributed by atoms with Gasteiger partial charge in [-0.3, -0.25) is 0 Å². The topological polar surface area (TPSA) is 87.5 Å². The standard InChI is InChI=1S/C5H12N4O2/c1-7-5(11)9(2)3-8-4(6)10/h3H2,1-2H3,(H,7,11)(H3,6,8,10). The van der Waals surface area contributed by atoms with Crippen molar-refractivity contribution in [1.29, 1.82) is 0 Å². The molecule has 0 heterocycles. The summed E-state index contributed by atoms with van der Waals surface area (Å²) in [6.07, 6.45) is 0. The summed E-state index contributed by atoms with van der Waals surface area (Å²) in [5.74, 6) is 0. The Balaban J connectivity index is 3.60. The highest BCUT2D eigenvalue weighted by Gasteiger charge is 2.04. The number of primary amides is 1. The van der Waals surface area contributed by atoms with Crippen LogP contribution >= 0.6 is 0 Å². The van der Waals surface area contributed by atoms with Crippen molar-refractivity contribution in [2.45, 2.75) is 0 Å². The largest absolute Gasteiger partial charge is 0.352 e. The van der Waals surface area contributed by atoms with Gasteiger partial charge < -0.3 is 21.3 Å². The van der Waals surface area contributed by atoms with Crippen molar-refractivity contribution in [3.05, 3.63) is 0 Å². The summed E-state index contributed by atoms with van der Waals surface area (Å²) in [6, 6.07) is -0.931. The van der Waals surface area contributed by atoms with E-state index in [1.54, 1.807) is 0 Å². The van der Waals surface area contributed by atoms with E-state index in [4.69, 9.17) is 5.73 Å². The first-order chi connectivity index (χ1) is 5.07. The molecule has 0 radical (unpaired) electrons. The average molecular weight is 160 g/mol. The Labute approximate surface area is 64.7 Å². The lowest BCUT2D eigenvalue weighted by atomic mass is 10.7. The number of amides is 4. The minimum atomic E-state index is -0.652. The Morgan fingerprint density at radius 1 is 1.55 bits per heavy atom. The molecule has 0 fully saturated rings. The minimum Gasteiger partial charge on any atom is -0.352 e. The summed E-state index contributed by atoms with van der Waals surface area (Å²) in [5, 5.41) is 4.65. The van der Waals surface area contributed by atoms with E-state index in [0.29, 0.717) is 0 Å². The highest BCUT2D eigenvalue weighted by molar-refractivity contribution is 5.75. The summed E-state index contributed by atoms with van der Waals surface area (Å²) < 4.78 is 0. The van der Waals surface area contributed by atoms with E-state index in [1.165, 1.54) is 19.0 Å². The molecular weight excluding hydrogens is 148 g/mol. The number of nitrogens with two attached hydrogens (primary N) is 1. The van der Waals surface area contributed by atoms with Gasteiger partial charge in [-0.25, -0.2) is 9.59 Å². The van der Waals surface area contributed by atoms with Crippen LogP contribution in [-0.4, -0.2) is 37.7 Å². The molecule has 0 aromatic heterocycles. The Bertz CT molecular complexity index is 159. The fraction of sp³-hybridized carbons (Fsp3) is 0.600. The summed E-state index contributed by atoms with van der Waals surface area (Å²) in [7, 11) is 3.04. The zero-order chi connectivity index (χ0) is 8.85. The maximum absolute atomic E-state index is 10.7. The van der Waals surface area contributed by atoms with Gasteiger partial charge in [-0.2, -0.15) is 0 Å². The van der Waals surface area contributed by atoms with Crippen molar-refractivity contribution in [3.8, 4) is 0 Å². The molecule has 0 saturated heterocycles. The van der Waals surface area contributed by atoms with Gasteiger partial charge in [0.1, 0.15) is 0 Å². The molecule has 0 unspecified atom stereocenters. The molecule has 0 aliphatic rings. The fourth-order valence-corrected chi connectivity index (χ4v) is 0.459. The molecule has 0 aromatic carbocycles. The molecule has 11 heavy (non-hydrogen) atoms. The predicted molar refractivity (Wildman–Crippen MR) is 39.8 cm³/mol. The van der Waals surface area contributed by atoms with Crippen molar-refractivity contribution in [2.24, 2.45) is 5.73 Å². The average Bonchev–Trinajstić information content (AvgIpc) is 1.98. The summed E-state index contributed by atoms with van der Waals surface area (Å²) in [4.78, 5) is 22.2. The Hall–Kier alpha value is -1.46. The van der Waals surface area contributed by atoms with Crippen LogP contribution in [0.1, 0.15) is 0 Å². The summed E-state index contributed by atoms with van der Waals surface area (Å²) in [6.45, 7) is 0.106. The van der Waals surface area contributed by atoms with Crippen LogP contribution in [0.2, 0.25) is 0 Å². The molecule has 0 saturated carbocycles. The number of hydrogen-bond donors (Lipinski definition) is 3. The minimum absolute atomic E-state index is 0.106. The van der Waals surface area contributed by atoms with Crippen molar-refractivity contribution >= 4 is 12.1 Å². The normalized spacial score (nSPS) is 8.55. The lowest BCUT2D eigenvalue weighted by Crippen LogP contribution is -2.44. The molecule has 64 valence electrons. The summed E-state index contributed by atoms with van der Waals surface area (Å²) >= 11 is 0. The second-order valence-electron chi connectivity index (χ2n) is 1.95. The quantitative estimate of drug-likeness (QED) is 0.447. The molecule has 0 bridgehead atoms. The fourth-order valence-electron chi connectivity index (χ4n) is 0.459. The van der Waals surface area contributed by atoms with Crippen molar-refractivity contribution < 1.29 is 9.59 Å². The number of carbonyl (C=O) groups is 2. The van der Waals surface area contributed by atoms with E-state index >= 15 is 0 Å². The van der Waals surface area contributed by atoms with Gasteiger partial charge in [0.15, 0.2) is 0 Å². The number of urea groups is 2. The van der Waals surface area contributed by atoms with Gasteiger partial charge in [0.2, 0.25) is 0 Å². The van der Waals surface area contributed by atoms with Crippen molar-refractivity contribution in [2.75, 3.05) is 20.8 Å². The number of nitrogens with zero attached hydrogens (tertiary/aromatic N) is 1. The van der Waals surface area contributed by atoms with Crippen LogP contribution < -0.4 is 16.4 Å². The lowest BCUT2D eigenvalue weighted by Gasteiger charge is -2.15. The van der Waals surface area contributed by atoms with Gasteiger partial charge in [0.05, 0.1) is 6.67 Å². The van der Waals surface area contributed by atoms with Gasteiger partial charge in [-0.1, -0.05) is 0 Å². The van der Waals surface area contributed by atoms with Crippen LogP contribution in [0.5, 0.6) is 0 Å². The zero-order valence-electron chi connectivity index (χ0n) is 6.55. The van der Waals surface area contributed by atoms with Crippen LogP contribution in [-0.2, 0) is 0 Å². The van der Waals surface area contributed by atoms with Gasteiger partial charge >= 0.3 is 12.1 Å². The molecular formula is C5H12N4O2. The predicted octanol–water partition coefficient (Wildman–Crippen LogP) is -1.12. The SMILES string of the molecule is CNC(=O)N(C)CNC(N)=O. The molecule has 6 nitrogen and oxygen atoms in total. The van der Waals surface area contributed by atoms with E-state index in [2.05, 4.69) is 10.6 Å². The van der Waals surface area contributed by atoms with E-state index in [-0.39, 0.29) is 12.7 Å². The Kier molecular flexibility index (Phi) is 3.79. The highest BCUT2D eigenvalue weighted by Crippen LogP contribution is 1.78. The Morgan fingerprint density at radius 3 is 2.45 bits per heavy atom. The third kappa shape index (κ3) is 4.01. The third-order valence-corrected chi connectivity index (χ3v) is 1.05. The first-order valence-electron chi connectivity index (χ1n) is 3.04. The highest BCUT2D eigenvalue weighted by atomic mass is 16.2. The lowest BCUT2D eigenvalue weighted by molar-refractivity contribution is 0.206. The van der Waals surface area contributed by atoms with Crippen molar-refractivity contribution in [3.63, 3.8) is 0 Å². The smallest absolute Gasteiger partial charge is 0.318 e. The zero-order valence-corrected chi connectivity index (χ0v) is 6.55. The van der Waals surface area contributed by atoms with E-state index in [9.17, 15) is 9.59 Å². The third-order valence-electron chi connectivity index (χ3n) is 1.05. The van der Waals surface area contributed by atoms with Gasteiger partial charge in [0, 0.05) is 14.1 Å². The monoisotopic (exact) mass is 160 g/mol. The molecule has 0 spiro atoms. The van der Waals surface area contributed by atoms with Gasteiger partial charge in [0.25, 0.3) is 0 Å². The number of rotatable bonds is 2. The molecule has 0 aliphatic heterocycles. The van der Waals surface area contributed by atoms with Crippen LogP contribution in [0.4, 0.5) is 9.59 Å². The molecule has 4 N–H and O–H groups in total. The molecule has 4 amide bonds. The van der Waals surface area contributed by atoms with Crippen LogP contribution in [0.25, 0.3) is 0 Å². The maximum atomic E-state index is 10.7. The second kappa shape index (κ2) is 4.37. The van der Waals surface area contributed by atoms with Gasteiger partial charge in [-0.05, 0) is 0 Å².